The standard InChI is InChI=1S/C16H22N2O5S/c1-3-23-16(20)18-10-4-5-12(11-18)15(19)17-13-6-8-14(9-7-13)24(2,21)22/h6-9,12H,3-5,10-11H2,1-2H3,(H,17,19). The molecule has 0 bridgehead atoms. The monoisotopic (exact) mass is 354 g/mol. The molecule has 1 atom stereocenters. The largest absolute Gasteiger partial charge is 0.450 e. The second kappa shape index (κ2) is 7.65. The first-order valence-electron chi connectivity index (χ1n) is 7.84. The third kappa shape index (κ3) is 4.70. The second-order valence-electron chi connectivity index (χ2n) is 5.77. The van der Waals surface area contributed by atoms with Crippen LogP contribution in [0.1, 0.15) is 19.8 Å². The van der Waals surface area contributed by atoms with Crippen LogP contribution in [0.25, 0.3) is 0 Å². The number of benzene rings is 1. The molecule has 1 aliphatic heterocycles. The summed E-state index contributed by atoms with van der Waals surface area (Å²) >= 11 is 0. The van der Waals surface area contributed by atoms with Gasteiger partial charge in [0, 0.05) is 25.0 Å². The highest BCUT2D eigenvalue weighted by Crippen LogP contribution is 2.20. The molecule has 1 heterocycles. The van der Waals surface area contributed by atoms with E-state index >= 15 is 0 Å². The van der Waals surface area contributed by atoms with Crippen LogP contribution in [-0.2, 0) is 19.4 Å². The summed E-state index contributed by atoms with van der Waals surface area (Å²) in [4.78, 5) is 25.9. The van der Waals surface area contributed by atoms with E-state index in [2.05, 4.69) is 5.32 Å². The van der Waals surface area contributed by atoms with E-state index in [0.717, 1.165) is 12.7 Å². The van der Waals surface area contributed by atoms with Gasteiger partial charge in [0.25, 0.3) is 0 Å². The first kappa shape index (κ1) is 18.3. The van der Waals surface area contributed by atoms with Crippen molar-refractivity contribution in [2.24, 2.45) is 5.92 Å². The third-order valence-electron chi connectivity index (χ3n) is 3.87. The van der Waals surface area contributed by atoms with Crippen molar-refractivity contribution in [3.05, 3.63) is 24.3 Å². The number of likely N-dealkylation sites (tertiary alicyclic amines) is 1. The fourth-order valence-corrected chi connectivity index (χ4v) is 3.23. The number of hydrogen-bond donors (Lipinski definition) is 1. The van der Waals surface area contributed by atoms with Crippen LogP contribution in [0.4, 0.5) is 10.5 Å². The van der Waals surface area contributed by atoms with Gasteiger partial charge < -0.3 is 15.0 Å². The molecule has 2 amide bonds. The molecule has 0 aliphatic carbocycles. The number of sulfone groups is 1. The summed E-state index contributed by atoms with van der Waals surface area (Å²) in [6, 6.07) is 6.02. The molecule has 1 saturated heterocycles. The Morgan fingerprint density at radius 1 is 1.29 bits per heavy atom. The lowest BCUT2D eigenvalue weighted by Gasteiger charge is -2.31. The maximum atomic E-state index is 12.4. The molecule has 0 spiro atoms. The SMILES string of the molecule is CCOC(=O)N1CCCC(C(=O)Nc2ccc(S(C)(=O)=O)cc2)C1. The van der Waals surface area contributed by atoms with Gasteiger partial charge in [-0.15, -0.1) is 0 Å². The summed E-state index contributed by atoms with van der Waals surface area (Å²) in [6.45, 7) is 2.96. The van der Waals surface area contributed by atoms with Crippen molar-refractivity contribution < 1.29 is 22.7 Å². The lowest BCUT2D eigenvalue weighted by molar-refractivity contribution is -0.121. The molecule has 7 nitrogen and oxygen atoms in total. The Hall–Kier alpha value is -2.09. The average Bonchev–Trinajstić information content (AvgIpc) is 2.55. The first-order chi connectivity index (χ1) is 11.3. The third-order valence-corrected chi connectivity index (χ3v) is 5.00. The normalized spacial score (nSPS) is 18.1. The summed E-state index contributed by atoms with van der Waals surface area (Å²) in [5.41, 5.74) is 0.528. The number of anilines is 1. The zero-order chi connectivity index (χ0) is 17.7. The molecule has 8 heteroatoms. The molecule has 0 saturated carbocycles. The van der Waals surface area contributed by atoms with Gasteiger partial charge in [0.1, 0.15) is 0 Å². The molecule has 0 radical (unpaired) electrons. The summed E-state index contributed by atoms with van der Waals surface area (Å²) in [5, 5.41) is 2.77. The highest BCUT2D eigenvalue weighted by atomic mass is 32.2. The summed E-state index contributed by atoms with van der Waals surface area (Å²) in [6.07, 6.45) is 2.17. The molecule has 1 aliphatic rings. The van der Waals surface area contributed by atoms with Crippen LogP contribution in [0.5, 0.6) is 0 Å². The van der Waals surface area contributed by atoms with Gasteiger partial charge in [-0.1, -0.05) is 0 Å². The number of ether oxygens (including phenoxy) is 1. The summed E-state index contributed by atoms with van der Waals surface area (Å²) in [7, 11) is -3.26. The molecule has 1 aromatic carbocycles. The second-order valence-corrected chi connectivity index (χ2v) is 7.79. The number of carbonyl (C=O) groups is 2. The zero-order valence-electron chi connectivity index (χ0n) is 13.8. The molecule has 1 N–H and O–H groups in total. The van der Waals surface area contributed by atoms with Crippen LogP contribution < -0.4 is 5.32 Å². The number of carbonyl (C=O) groups excluding carboxylic acids is 2. The highest BCUT2D eigenvalue weighted by molar-refractivity contribution is 7.90. The van der Waals surface area contributed by atoms with Crippen molar-refractivity contribution in [3.63, 3.8) is 0 Å². The van der Waals surface area contributed by atoms with Crippen LogP contribution >= 0.6 is 0 Å². The topological polar surface area (TPSA) is 92.8 Å². The van der Waals surface area contributed by atoms with Crippen molar-refractivity contribution in [3.8, 4) is 0 Å². The number of rotatable bonds is 4. The van der Waals surface area contributed by atoms with E-state index in [1.54, 1.807) is 24.0 Å². The fourth-order valence-electron chi connectivity index (χ4n) is 2.60. The molecule has 24 heavy (non-hydrogen) atoms. The smallest absolute Gasteiger partial charge is 0.409 e. The van der Waals surface area contributed by atoms with E-state index in [1.165, 1.54) is 12.1 Å². The molecule has 1 fully saturated rings. The predicted octanol–water partition coefficient (Wildman–Crippen LogP) is 1.90. The van der Waals surface area contributed by atoms with Crippen LogP contribution in [0.2, 0.25) is 0 Å². The van der Waals surface area contributed by atoms with E-state index in [4.69, 9.17) is 4.74 Å². The van der Waals surface area contributed by atoms with E-state index in [9.17, 15) is 18.0 Å². The van der Waals surface area contributed by atoms with Crippen molar-refractivity contribution in [1.29, 1.82) is 0 Å². The van der Waals surface area contributed by atoms with Crippen LogP contribution in [0.3, 0.4) is 0 Å². The maximum Gasteiger partial charge on any atom is 0.409 e. The highest BCUT2D eigenvalue weighted by Gasteiger charge is 2.29. The van der Waals surface area contributed by atoms with Crippen molar-refractivity contribution >= 4 is 27.5 Å². The minimum absolute atomic E-state index is 0.184. The van der Waals surface area contributed by atoms with E-state index in [1.807, 2.05) is 0 Å². The Kier molecular flexibility index (Phi) is 5.82. The van der Waals surface area contributed by atoms with E-state index < -0.39 is 15.9 Å². The van der Waals surface area contributed by atoms with Crippen molar-refractivity contribution in [2.75, 3.05) is 31.3 Å². The van der Waals surface area contributed by atoms with Gasteiger partial charge >= 0.3 is 6.09 Å². The molecular weight excluding hydrogens is 332 g/mol. The Morgan fingerprint density at radius 2 is 1.96 bits per heavy atom. The quantitative estimate of drug-likeness (QED) is 0.891. The van der Waals surface area contributed by atoms with Gasteiger partial charge in [-0.25, -0.2) is 13.2 Å². The molecule has 0 aromatic heterocycles. The number of piperidine rings is 1. The average molecular weight is 354 g/mol. The van der Waals surface area contributed by atoms with Crippen LogP contribution in [0, 0.1) is 5.92 Å². The summed E-state index contributed by atoms with van der Waals surface area (Å²) in [5.74, 6) is -0.492. The Morgan fingerprint density at radius 3 is 2.54 bits per heavy atom. The Bertz CT molecular complexity index is 700. The first-order valence-corrected chi connectivity index (χ1v) is 9.73. The number of hydrogen-bond acceptors (Lipinski definition) is 5. The lowest BCUT2D eigenvalue weighted by Crippen LogP contribution is -2.44. The number of nitrogens with one attached hydrogen (secondary N) is 1. The Balaban J connectivity index is 1.97. The van der Waals surface area contributed by atoms with Gasteiger partial charge in [0.2, 0.25) is 5.91 Å². The van der Waals surface area contributed by atoms with Crippen molar-refractivity contribution in [2.45, 2.75) is 24.7 Å². The van der Waals surface area contributed by atoms with Crippen LogP contribution in [-0.4, -0.2) is 51.3 Å². The van der Waals surface area contributed by atoms with Gasteiger partial charge in [0.05, 0.1) is 17.4 Å². The number of amides is 2. The number of nitrogens with zero attached hydrogens (tertiary/aromatic N) is 1. The zero-order valence-corrected chi connectivity index (χ0v) is 14.6. The predicted molar refractivity (Wildman–Crippen MR) is 89.5 cm³/mol. The molecule has 132 valence electrons. The van der Waals surface area contributed by atoms with Crippen molar-refractivity contribution in [1.82, 2.24) is 4.90 Å². The molecule has 1 unspecified atom stereocenters. The molecular formula is C16H22N2O5S. The summed E-state index contributed by atoms with van der Waals surface area (Å²) < 4.78 is 27.8. The molecule has 2 rings (SSSR count). The van der Waals surface area contributed by atoms with E-state index in [-0.39, 0.29) is 16.7 Å². The van der Waals surface area contributed by atoms with Gasteiger partial charge in [-0.2, -0.15) is 0 Å². The Labute approximate surface area is 141 Å². The van der Waals surface area contributed by atoms with Gasteiger partial charge in [-0.3, -0.25) is 4.79 Å². The van der Waals surface area contributed by atoms with Crippen LogP contribution in [0.15, 0.2) is 29.2 Å². The van der Waals surface area contributed by atoms with Gasteiger partial charge in [0.15, 0.2) is 9.84 Å². The van der Waals surface area contributed by atoms with Gasteiger partial charge in [-0.05, 0) is 44.0 Å². The fraction of sp³-hybridized carbons (Fsp3) is 0.500. The minimum Gasteiger partial charge on any atom is -0.450 e. The lowest BCUT2D eigenvalue weighted by atomic mass is 9.97. The maximum absolute atomic E-state index is 12.4. The minimum atomic E-state index is -3.26. The molecule has 1 aromatic rings. The van der Waals surface area contributed by atoms with E-state index in [0.29, 0.717) is 31.8 Å².